The second-order valence-electron chi connectivity index (χ2n) is 7.70. The molecule has 176 valence electrons. The molecule has 1 aliphatic heterocycles. The third kappa shape index (κ3) is 4.52. The van der Waals surface area contributed by atoms with Gasteiger partial charge in [0.25, 0.3) is 0 Å². The molecule has 0 amide bonds. The Morgan fingerprint density at radius 3 is 2.30 bits per heavy atom. The summed E-state index contributed by atoms with van der Waals surface area (Å²) in [4.78, 5) is 12.6. The Labute approximate surface area is 187 Å². The second-order valence-corrected chi connectivity index (χ2v) is 7.70. The minimum Gasteiger partial charge on any atom is -0.507 e. The summed E-state index contributed by atoms with van der Waals surface area (Å²) in [6, 6.07) is 10.8. The molecule has 0 radical (unpaired) electrons. The Morgan fingerprint density at radius 1 is 0.939 bits per heavy atom. The zero-order valence-electron chi connectivity index (χ0n) is 17.6. The molecule has 3 aromatic rings. The molecule has 10 heteroatoms. The topological polar surface area (TPSA) is 159 Å². The van der Waals surface area contributed by atoms with Gasteiger partial charge in [-0.2, -0.15) is 0 Å². The zero-order valence-corrected chi connectivity index (χ0v) is 17.6. The van der Waals surface area contributed by atoms with Crippen LogP contribution in [0.15, 0.2) is 51.7 Å². The zero-order chi connectivity index (χ0) is 23.7. The number of aliphatic hydroxyl groups excluding tert-OH is 4. The van der Waals surface area contributed by atoms with Crippen LogP contribution in [0.5, 0.6) is 17.2 Å². The maximum absolute atomic E-state index is 12.6. The maximum Gasteiger partial charge on any atom is 0.197 e. The van der Waals surface area contributed by atoms with Gasteiger partial charge in [0.1, 0.15) is 71.1 Å². The van der Waals surface area contributed by atoms with Crippen molar-refractivity contribution >= 4 is 11.0 Å². The Balaban J connectivity index is 1.60. The van der Waals surface area contributed by atoms with Crippen LogP contribution in [0.4, 0.5) is 0 Å². The summed E-state index contributed by atoms with van der Waals surface area (Å²) in [5.41, 5.74) is 0.263. The molecule has 0 aliphatic carbocycles. The third-order valence-electron chi connectivity index (χ3n) is 5.56. The van der Waals surface area contributed by atoms with Crippen molar-refractivity contribution in [1.29, 1.82) is 0 Å². The minimum absolute atomic E-state index is 0.0209. The molecule has 1 saturated heterocycles. The predicted octanol–water partition coefficient (Wildman–Crippen LogP) is 0.395. The monoisotopic (exact) mass is 460 g/mol. The largest absolute Gasteiger partial charge is 0.507 e. The minimum atomic E-state index is -1.53. The highest BCUT2D eigenvalue weighted by Gasteiger charge is 2.43. The van der Waals surface area contributed by atoms with Crippen molar-refractivity contribution in [3.05, 3.63) is 52.7 Å². The smallest absolute Gasteiger partial charge is 0.197 e. The van der Waals surface area contributed by atoms with Gasteiger partial charge in [0.2, 0.25) is 0 Å². The van der Waals surface area contributed by atoms with Crippen molar-refractivity contribution in [3.8, 4) is 28.6 Å². The van der Waals surface area contributed by atoms with Crippen LogP contribution in [0.1, 0.15) is 0 Å². The molecule has 1 fully saturated rings. The van der Waals surface area contributed by atoms with Gasteiger partial charge in [-0.25, -0.2) is 0 Å². The van der Waals surface area contributed by atoms with E-state index in [4.69, 9.17) is 18.6 Å². The summed E-state index contributed by atoms with van der Waals surface area (Å²) in [5, 5.41) is 49.6. The van der Waals surface area contributed by atoms with E-state index in [1.54, 1.807) is 31.4 Å². The van der Waals surface area contributed by atoms with Gasteiger partial charge in [-0.3, -0.25) is 4.79 Å². The number of rotatable bonds is 6. The van der Waals surface area contributed by atoms with Crippen LogP contribution in [0.25, 0.3) is 22.3 Å². The lowest BCUT2D eigenvalue weighted by Crippen LogP contribution is -2.59. The molecular weight excluding hydrogens is 436 g/mol. The van der Waals surface area contributed by atoms with E-state index >= 15 is 0 Å². The number of hydrogen-bond acceptors (Lipinski definition) is 10. The molecule has 1 aliphatic rings. The van der Waals surface area contributed by atoms with Gasteiger partial charge in [-0.1, -0.05) is 0 Å². The fourth-order valence-corrected chi connectivity index (χ4v) is 3.72. The van der Waals surface area contributed by atoms with E-state index in [1.807, 2.05) is 0 Å². The molecule has 0 saturated carbocycles. The number of phenolic OH excluding ortho intramolecular Hbond substituents is 1. The van der Waals surface area contributed by atoms with Gasteiger partial charge in [0.05, 0.1) is 13.7 Å². The molecule has 33 heavy (non-hydrogen) atoms. The van der Waals surface area contributed by atoms with E-state index in [9.17, 15) is 30.3 Å². The highest BCUT2D eigenvalue weighted by Crippen LogP contribution is 2.32. The van der Waals surface area contributed by atoms with Crippen LogP contribution < -0.4 is 14.9 Å². The number of methoxy groups -OCH3 is 1. The standard InChI is InChI=1S/C23H24O10/c1-30-12-4-2-11(3-5-12)16-8-15(26)20-14(25)6-13(7-17(20)32-16)31-10-19-22(28)23(29)21(27)18(9-24)33-19/h2-8,18-19,21-25,27-29H,9-10H2,1H3/t18?,19-,21-,22?,23-/m0/s1. The van der Waals surface area contributed by atoms with Crippen LogP contribution in [0.3, 0.4) is 0 Å². The summed E-state index contributed by atoms with van der Waals surface area (Å²) in [6.07, 6.45) is -6.59. The lowest BCUT2D eigenvalue weighted by Gasteiger charge is -2.39. The summed E-state index contributed by atoms with van der Waals surface area (Å²) in [7, 11) is 1.54. The fraction of sp³-hybridized carbons (Fsp3) is 0.348. The molecule has 4 rings (SSSR count). The molecule has 10 nitrogen and oxygen atoms in total. The summed E-state index contributed by atoms with van der Waals surface area (Å²) < 4.78 is 22.0. The molecule has 5 N–H and O–H groups in total. The average Bonchev–Trinajstić information content (AvgIpc) is 2.81. The van der Waals surface area contributed by atoms with Gasteiger partial charge in [-0.15, -0.1) is 0 Å². The van der Waals surface area contributed by atoms with Crippen molar-refractivity contribution in [3.63, 3.8) is 0 Å². The van der Waals surface area contributed by atoms with Crippen molar-refractivity contribution in [2.24, 2.45) is 0 Å². The van der Waals surface area contributed by atoms with Crippen molar-refractivity contribution in [2.75, 3.05) is 20.3 Å². The molecular formula is C23H24O10. The first-order valence-electron chi connectivity index (χ1n) is 10.2. The molecule has 1 aromatic heterocycles. The fourth-order valence-electron chi connectivity index (χ4n) is 3.72. The first kappa shape index (κ1) is 23.0. The number of phenols is 1. The first-order chi connectivity index (χ1) is 15.8. The van der Waals surface area contributed by atoms with E-state index in [-0.39, 0.29) is 34.8 Å². The van der Waals surface area contributed by atoms with Gasteiger partial charge in [0, 0.05) is 23.8 Å². The van der Waals surface area contributed by atoms with Gasteiger partial charge in [-0.05, 0) is 24.3 Å². The SMILES string of the molecule is COc1ccc(-c2cc(=O)c3c(O)cc(OC[C@@H]4OC(CO)[C@H](O)[C@H](O)C4O)cc3o2)cc1. The van der Waals surface area contributed by atoms with Crippen molar-refractivity contribution in [1.82, 2.24) is 0 Å². The quantitative estimate of drug-likeness (QED) is 0.348. The molecule has 0 bridgehead atoms. The number of hydrogen-bond donors (Lipinski definition) is 5. The number of fused-ring (bicyclic) bond motifs is 1. The Morgan fingerprint density at radius 2 is 1.64 bits per heavy atom. The van der Waals surface area contributed by atoms with Gasteiger partial charge < -0.3 is 44.2 Å². The van der Waals surface area contributed by atoms with E-state index in [2.05, 4.69) is 0 Å². The number of aliphatic hydroxyl groups is 4. The number of ether oxygens (including phenoxy) is 3. The lowest BCUT2D eigenvalue weighted by molar-refractivity contribution is -0.234. The van der Waals surface area contributed by atoms with Crippen molar-refractivity contribution in [2.45, 2.75) is 30.5 Å². The van der Waals surface area contributed by atoms with Crippen LogP contribution in [-0.2, 0) is 4.74 Å². The molecule has 2 unspecified atom stereocenters. The second kappa shape index (κ2) is 9.38. The highest BCUT2D eigenvalue weighted by molar-refractivity contribution is 5.86. The predicted molar refractivity (Wildman–Crippen MR) is 115 cm³/mol. The lowest BCUT2D eigenvalue weighted by atomic mass is 9.95. The van der Waals surface area contributed by atoms with Gasteiger partial charge in [0.15, 0.2) is 5.43 Å². The van der Waals surface area contributed by atoms with E-state index < -0.39 is 42.6 Å². The Kier molecular flexibility index (Phi) is 6.54. The van der Waals surface area contributed by atoms with E-state index in [1.165, 1.54) is 18.2 Å². The Hall–Kier alpha value is -3.15. The number of aromatic hydroxyl groups is 1. The normalized spacial score (nSPS) is 25.2. The third-order valence-corrected chi connectivity index (χ3v) is 5.56. The van der Waals surface area contributed by atoms with Crippen molar-refractivity contribution < 1.29 is 44.2 Å². The molecule has 0 spiro atoms. The van der Waals surface area contributed by atoms with Crippen LogP contribution in [0.2, 0.25) is 0 Å². The van der Waals surface area contributed by atoms with Crippen LogP contribution in [0, 0.1) is 0 Å². The highest BCUT2D eigenvalue weighted by atomic mass is 16.6. The summed E-state index contributed by atoms with van der Waals surface area (Å²) >= 11 is 0. The molecule has 2 aromatic carbocycles. The average molecular weight is 460 g/mol. The molecule has 2 heterocycles. The van der Waals surface area contributed by atoms with E-state index in [0.717, 1.165) is 0 Å². The number of benzene rings is 2. The van der Waals surface area contributed by atoms with E-state index in [0.29, 0.717) is 11.3 Å². The maximum atomic E-state index is 12.6. The summed E-state index contributed by atoms with van der Waals surface area (Å²) in [6.45, 7) is -0.827. The van der Waals surface area contributed by atoms with Crippen LogP contribution >= 0.6 is 0 Å². The van der Waals surface area contributed by atoms with Gasteiger partial charge >= 0.3 is 0 Å². The Bertz CT molecular complexity index is 1170. The first-order valence-corrected chi connectivity index (χ1v) is 10.2. The van der Waals surface area contributed by atoms with Crippen LogP contribution in [-0.4, -0.2) is 76.4 Å². The molecule has 5 atom stereocenters. The summed E-state index contributed by atoms with van der Waals surface area (Å²) in [5.74, 6) is 0.683.